The lowest BCUT2D eigenvalue weighted by Crippen LogP contribution is -2.33. The predicted molar refractivity (Wildman–Crippen MR) is 91.0 cm³/mol. The van der Waals surface area contributed by atoms with Gasteiger partial charge in [0.05, 0.1) is 18.0 Å². The Labute approximate surface area is 157 Å². The van der Waals surface area contributed by atoms with Crippen LogP contribution in [-0.2, 0) is 15.8 Å². The third kappa shape index (κ3) is 4.02. The number of anilines is 1. The lowest BCUT2D eigenvalue weighted by atomic mass is 9.87. The minimum Gasteiger partial charge on any atom is -0.344 e. The second-order valence-electron chi connectivity index (χ2n) is 6.14. The monoisotopic (exact) mass is 398 g/mol. The molecule has 1 N–H and O–H groups in total. The molecule has 0 saturated carbocycles. The molecule has 2 atom stereocenters. The van der Waals surface area contributed by atoms with Crippen LogP contribution in [0.15, 0.2) is 36.7 Å². The number of alkyl halides is 3. The van der Waals surface area contributed by atoms with E-state index in [1.807, 2.05) is 0 Å². The fourth-order valence-electron chi connectivity index (χ4n) is 2.99. The number of carbonyl (C=O) groups is 2. The van der Waals surface area contributed by atoms with Crippen LogP contribution in [0.3, 0.4) is 0 Å². The predicted octanol–water partition coefficient (Wildman–Crippen LogP) is 2.96. The van der Waals surface area contributed by atoms with E-state index in [4.69, 9.17) is 11.6 Å². The van der Waals surface area contributed by atoms with Crippen LogP contribution in [0.2, 0.25) is 5.15 Å². The molecule has 27 heavy (non-hydrogen) atoms. The summed E-state index contributed by atoms with van der Waals surface area (Å²) >= 11 is 5.64. The van der Waals surface area contributed by atoms with Crippen LogP contribution in [0, 0.1) is 5.92 Å². The molecule has 10 heteroatoms. The van der Waals surface area contributed by atoms with Gasteiger partial charge in [-0.05, 0) is 17.7 Å². The molecule has 0 unspecified atom stereocenters. The smallest absolute Gasteiger partial charge is 0.344 e. The van der Waals surface area contributed by atoms with E-state index in [0.29, 0.717) is 5.56 Å². The maximum atomic E-state index is 12.7. The molecule has 0 spiro atoms. The number of nitrogens with one attached hydrogen (secondary N) is 1. The lowest BCUT2D eigenvalue weighted by molar-refractivity contribution is -0.138. The third-order valence-electron chi connectivity index (χ3n) is 4.34. The van der Waals surface area contributed by atoms with Crippen molar-refractivity contribution >= 4 is 29.2 Å². The Hall–Kier alpha value is -2.68. The van der Waals surface area contributed by atoms with Gasteiger partial charge < -0.3 is 10.2 Å². The Kier molecular flexibility index (Phi) is 5.05. The van der Waals surface area contributed by atoms with Crippen molar-refractivity contribution in [1.82, 2.24) is 14.9 Å². The lowest BCUT2D eigenvalue weighted by Gasteiger charge is -2.17. The van der Waals surface area contributed by atoms with Gasteiger partial charge in [0.1, 0.15) is 11.1 Å². The van der Waals surface area contributed by atoms with E-state index in [9.17, 15) is 22.8 Å². The molecule has 1 saturated heterocycles. The van der Waals surface area contributed by atoms with Crippen molar-refractivity contribution < 1.29 is 22.8 Å². The molecular weight excluding hydrogens is 385 g/mol. The number of nitrogens with zero attached hydrogens (tertiary/aromatic N) is 3. The van der Waals surface area contributed by atoms with Gasteiger partial charge >= 0.3 is 6.18 Å². The first-order chi connectivity index (χ1) is 12.7. The Morgan fingerprint density at radius 3 is 2.44 bits per heavy atom. The fourth-order valence-corrected chi connectivity index (χ4v) is 3.09. The first-order valence-electron chi connectivity index (χ1n) is 7.87. The summed E-state index contributed by atoms with van der Waals surface area (Å²) in [5.41, 5.74) is -0.315. The highest BCUT2D eigenvalue weighted by atomic mass is 35.5. The molecule has 142 valence electrons. The molecule has 1 aliphatic rings. The van der Waals surface area contributed by atoms with Crippen LogP contribution in [0.1, 0.15) is 17.0 Å². The molecule has 1 aromatic carbocycles. The van der Waals surface area contributed by atoms with Crippen molar-refractivity contribution in [3.8, 4) is 0 Å². The zero-order valence-electron chi connectivity index (χ0n) is 14.0. The standard InChI is InChI=1S/C17H14ClF3N4O2/c1-25-8-11(9-2-4-10(5-3-9)17(19,20)21)14(16(25)27)15(26)24-13-7-22-12(18)6-23-13/h2-7,11,14H,8H2,1H3,(H,23,24,26)/t11-,14+/m0/s1. The van der Waals surface area contributed by atoms with Gasteiger partial charge in [0.15, 0.2) is 5.82 Å². The average molecular weight is 399 g/mol. The van der Waals surface area contributed by atoms with E-state index >= 15 is 0 Å². The van der Waals surface area contributed by atoms with E-state index in [1.165, 1.54) is 36.5 Å². The van der Waals surface area contributed by atoms with Crippen LogP contribution < -0.4 is 5.32 Å². The zero-order chi connectivity index (χ0) is 19.8. The van der Waals surface area contributed by atoms with E-state index in [2.05, 4.69) is 15.3 Å². The summed E-state index contributed by atoms with van der Waals surface area (Å²) in [6, 6.07) is 4.47. The van der Waals surface area contributed by atoms with Crippen LogP contribution >= 0.6 is 11.6 Å². The Morgan fingerprint density at radius 2 is 1.89 bits per heavy atom. The summed E-state index contributed by atoms with van der Waals surface area (Å²) in [5.74, 6) is -2.56. The Morgan fingerprint density at radius 1 is 1.22 bits per heavy atom. The highest BCUT2D eigenvalue weighted by Crippen LogP contribution is 2.36. The molecule has 0 aliphatic carbocycles. The number of rotatable bonds is 3. The maximum Gasteiger partial charge on any atom is 0.416 e. The molecule has 1 aliphatic heterocycles. The first-order valence-corrected chi connectivity index (χ1v) is 8.25. The largest absolute Gasteiger partial charge is 0.416 e. The van der Waals surface area contributed by atoms with Crippen molar-refractivity contribution in [2.45, 2.75) is 12.1 Å². The number of amides is 2. The van der Waals surface area contributed by atoms with Crippen molar-refractivity contribution in [2.75, 3.05) is 18.9 Å². The summed E-state index contributed by atoms with van der Waals surface area (Å²) in [6.45, 7) is 0.217. The number of likely N-dealkylation sites (tertiary alicyclic amines) is 1. The molecule has 2 aromatic rings. The van der Waals surface area contributed by atoms with Gasteiger partial charge in [0.2, 0.25) is 11.8 Å². The maximum absolute atomic E-state index is 12.7. The summed E-state index contributed by atoms with van der Waals surface area (Å²) in [7, 11) is 1.54. The second-order valence-corrected chi connectivity index (χ2v) is 6.52. The van der Waals surface area contributed by atoms with Gasteiger partial charge in [-0.15, -0.1) is 0 Å². The van der Waals surface area contributed by atoms with Crippen molar-refractivity contribution in [2.24, 2.45) is 5.92 Å². The van der Waals surface area contributed by atoms with E-state index in [-0.39, 0.29) is 17.5 Å². The van der Waals surface area contributed by atoms with Crippen LogP contribution in [0.5, 0.6) is 0 Å². The number of hydrogen-bond acceptors (Lipinski definition) is 4. The van der Waals surface area contributed by atoms with E-state index in [0.717, 1.165) is 12.1 Å². The minimum atomic E-state index is -4.45. The molecule has 2 heterocycles. The molecule has 3 rings (SSSR count). The fraction of sp³-hybridized carbons (Fsp3) is 0.294. The number of halogens is 4. The van der Waals surface area contributed by atoms with E-state index in [1.54, 1.807) is 0 Å². The number of benzene rings is 1. The number of hydrogen-bond donors (Lipinski definition) is 1. The molecule has 1 aromatic heterocycles. The van der Waals surface area contributed by atoms with E-state index < -0.39 is 35.4 Å². The van der Waals surface area contributed by atoms with Crippen LogP contribution in [0.4, 0.5) is 19.0 Å². The highest BCUT2D eigenvalue weighted by molar-refractivity contribution is 6.29. The van der Waals surface area contributed by atoms with Crippen LogP contribution in [0.25, 0.3) is 0 Å². The average Bonchev–Trinajstić information content (AvgIpc) is 2.91. The number of aromatic nitrogens is 2. The summed E-state index contributed by atoms with van der Waals surface area (Å²) in [4.78, 5) is 34.1. The Balaban J connectivity index is 1.84. The normalized spacial score (nSPS) is 20.0. The molecule has 0 radical (unpaired) electrons. The summed E-state index contributed by atoms with van der Waals surface area (Å²) in [6.07, 6.45) is -1.96. The van der Waals surface area contributed by atoms with Crippen molar-refractivity contribution in [3.63, 3.8) is 0 Å². The van der Waals surface area contributed by atoms with Crippen molar-refractivity contribution in [1.29, 1.82) is 0 Å². The topological polar surface area (TPSA) is 75.2 Å². The molecule has 2 amide bonds. The van der Waals surface area contributed by atoms with Crippen molar-refractivity contribution in [3.05, 3.63) is 52.9 Å². The quantitative estimate of drug-likeness (QED) is 0.807. The molecule has 0 bridgehead atoms. The molecular formula is C17H14ClF3N4O2. The Bertz CT molecular complexity index is 856. The summed E-state index contributed by atoms with van der Waals surface area (Å²) < 4.78 is 38.2. The molecule has 6 nitrogen and oxygen atoms in total. The number of likely N-dealkylation sites (N-methyl/N-ethyl adjacent to an activating group) is 1. The second kappa shape index (κ2) is 7.15. The zero-order valence-corrected chi connectivity index (χ0v) is 14.8. The van der Waals surface area contributed by atoms with Gasteiger partial charge in [0, 0.05) is 19.5 Å². The van der Waals surface area contributed by atoms with Gasteiger partial charge in [-0.1, -0.05) is 23.7 Å². The van der Waals surface area contributed by atoms with Gasteiger partial charge in [-0.3, -0.25) is 9.59 Å². The third-order valence-corrected chi connectivity index (χ3v) is 4.53. The van der Waals surface area contributed by atoms with Gasteiger partial charge in [-0.25, -0.2) is 9.97 Å². The first kappa shape index (κ1) is 19.1. The van der Waals surface area contributed by atoms with Crippen LogP contribution in [-0.4, -0.2) is 40.3 Å². The minimum absolute atomic E-state index is 0.123. The molecule has 1 fully saturated rings. The van der Waals surface area contributed by atoms with Gasteiger partial charge in [-0.2, -0.15) is 13.2 Å². The van der Waals surface area contributed by atoms with Gasteiger partial charge in [0.25, 0.3) is 0 Å². The number of carbonyl (C=O) groups excluding carboxylic acids is 2. The SMILES string of the molecule is CN1C[C@@H](c2ccc(C(F)(F)F)cc2)[C@H](C(=O)Nc2cnc(Cl)cn2)C1=O. The summed E-state index contributed by atoms with van der Waals surface area (Å²) in [5, 5.41) is 2.64. The highest BCUT2D eigenvalue weighted by Gasteiger charge is 2.44.